The second-order valence-electron chi connectivity index (χ2n) is 6.21. The minimum atomic E-state index is -0.233. The maximum atomic E-state index is 12.1. The lowest BCUT2D eigenvalue weighted by Crippen LogP contribution is -2.11. The van der Waals surface area contributed by atoms with Gasteiger partial charge >= 0.3 is 0 Å². The Kier molecular flexibility index (Phi) is 4.49. The predicted octanol–water partition coefficient (Wildman–Crippen LogP) is 3.97. The summed E-state index contributed by atoms with van der Waals surface area (Å²) in [6, 6.07) is 11.1. The normalized spacial score (nSPS) is 11.2. The van der Waals surface area contributed by atoms with Gasteiger partial charge in [-0.2, -0.15) is 5.10 Å². The molecule has 0 spiro atoms. The summed E-state index contributed by atoms with van der Waals surface area (Å²) in [5, 5.41) is 10.9. The molecule has 27 heavy (non-hydrogen) atoms. The summed E-state index contributed by atoms with van der Waals surface area (Å²) in [4.78, 5) is 31.4. The van der Waals surface area contributed by atoms with Gasteiger partial charge in [0.25, 0.3) is 5.56 Å². The molecular formula is C19H16BrN5O2. The van der Waals surface area contributed by atoms with Crippen LogP contribution in [0.3, 0.4) is 0 Å². The molecule has 0 aliphatic rings. The van der Waals surface area contributed by atoms with Crippen LogP contribution in [0.5, 0.6) is 0 Å². The highest BCUT2D eigenvalue weighted by atomic mass is 79.9. The molecule has 0 saturated carbocycles. The first kappa shape index (κ1) is 17.4. The van der Waals surface area contributed by atoms with Crippen LogP contribution in [-0.2, 0) is 4.79 Å². The molecule has 1 amide bonds. The average molecular weight is 426 g/mol. The maximum Gasteiger partial charge on any atom is 0.272 e. The van der Waals surface area contributed by atoms with E-state index in [1.807, 2.05) is 37.3 Å². The number of fused-ring (bicyclic) bond motifs is 2. The number of carbonyl (C=O) groups excluding carboxylic acids is 1. The van der Waals surface area contributed by atoms with Crippen molar-refractivity contribution in [2.75, 3.05) is 5.32 Å². The molecule has 0 unspecified atom stereocenters. The first-order valence-electron chi connectivity index (χ1n) is 8.53. The van der Waals surface area contributed by atoms with E-state index >= 15 is 0 Å². The third kappa shape index (κ3) is 3.35. The van der Waals surface area contributed by atoms with E-state index in [1.165, 1.54) is 0 Å². The Balaban J connectivity index is 1.80. The van der Waals surface area contributed by atoms with Gasteiger partial charge in [0.1, 0.15) is 0 Å². The predicted molar refractivity (Wildman–Crippen MR) is 109 cm³/mol. The van der Waals surface area contributed by atoms with Gasteiger partial charge in [-0.15, -0.1) is 0 Å². The highest BCUT2D eigenvalue weighted by Crippen LogP contribution is 2.29. The summed E-state index contributed by atoms with van der Waals surface area (Å²) in [6.07, 6.45) is 1.22. The number of benzene rings is 2. The van der Waals surface area contributed by atoms with E-state index in [9.17, 15) is 9.59 Å². The van der Waals surface area contributed by atoms with Crippen molar-refractivity contribution < 1.29 is 4.79 Å². The van der Waals surface area contributed by atoms with Crippen molar-refractivity contribution in [3.8, 4) is 11.3 Å². The van der Waals surface area contributed by atoms with Crippen LogP contribution in [-0.4, -0.2) is 26.1 Å². The lowest BCUT2D eigenvalue weighted by molar-refractivity contribution is -0.116. The standard InChI is InChI=1S/C19H16BrN5O2/c1-2-3-16(26)23-19-21-14-7-4-10(8-15(14)22-19)17-13-9-11(20)5-6-12(13)18(27)25-24-17/h4-9H,2-3H2,1H3,(H,25,27)(H2,21,22,23,26). The summed E-state index contributed by atoms with van der Waals surface area (Å²) in [5.74, 6) is 0.345. The number of aromatic nitrogens is 4. The smallest absolute Gasteiger partial charge is 0.272 e. The molecule has 4 rings (SSSR count). The van der Waals surface area contributed by atoms with Crippen molar-refractivity contribution >= 4 is 49.6 Å². The Morgan fingerprint density at radius 2 is 2.04 bits per heavy atom. The number of nitrogens with zero attached hydrogens (tertiary/aromatic N) is 2. The molecule has 0 radical (unpaired) electrons. The number of amides is 1. The highest BCUT2D eigenvalue weighted by molar-refractivity contribution is 9.10. The van der Waals surface area contributed by atoms with Gasteiger partial charge in [0.05, 0.1) is 22.1 Å². The van der Waals surface area contributed by atoms with Gasteiger partial charge in [-0.25, -0.2) is 10.1 Å². The fourth-order valence-electron chi connectivity index (χ4n) is 2.99. The van der Waals surface area contributed by atoms with E-state index in [-0.39, 0.29) is 11.5 Å². The van der Waals surface area contributed by atoms with Crippen LogP contribution in [0, 0.1) is 0 Å². The molecule has 2 heterocycles. The van der Waals surface area contributed by atoms with E-state index in [2.05, 4.69) is 41.4 Å². The number of H-pyrrole nitrogens is 2. The van der Waals surface area contributed by atoms with Crippen LogP contribution in [0.25, 0.3) is 33.1 Å². The van der Waals surface area contributed by atoms with E-state index in [0.29, 0.717) is 29.0 Å². The Hall–Kier alpha value is -3.00. The fraction of sp³-hybridized carbons (Fsp3) is 0.158. The number of imidazole rings is 1. The summed E-state index contributed by atoms with van der Waals surface area (Å²) in [7, 11) is 0. The number of hydrogen-bond acceptors (Lipinski definition) is 4. The van der Waals surface area contributed by atoms with Gasteiger partial charge in [-0.3, -0.25) is 14.9 Å². The molecule has 2 aromatic carbocycles. The van der Waals surface area contributed by atoms with Gasteiger partial charge in [0.2, 0.25) is 11.9 Å². The lowest BCUT2D eigenvalue weighted by atomic mass is 10.0. The van der Waals surface area contributed by atoms with Crippen molar-refractivity contribution in [2.24, 2.45) is 0 Å². The number of anilines is 1. The molecule has 0 bridgehead atoms. The van der Waals surface area contributed by atoms with Crippen molar-refractivity contribution in [1.82, 2.24) is 20.2 Å². The van der Waals surface area contributed by atoms with Crippen molar-refractivity contribution in [3.63, 3.8) is 0 Å². The maximum absolute atomic E-state index is 12.1. The second-order valence-corrected chi connectivity index (χ2v) is 7.12. The van der Waals surface area contributed by atoms with Crippen LogP contribution in [0.1, 0.15) is 19.8 Å². The average Bonchev–Trinajstić information content (AvgIpc) is 3.03. The molecule has 3 N–H and O–H groups in total. The summed E-state index contributed by atoms with van der Waals surface area (Å²) in [6.45, 7) is 1.95. The highest BCUT2D eigenvalue weighted by Gasteiger charge is 2.12. The van der Waals surface area contributed by atoms with Crippen LogP contribution in [0.2, 0.25) is 0 Å². The van der Waals surface area contributed by atoms with E-state index in [0.717, 1.165) is 27.4 Å². The number of aromatic amines is 2. The number of halogens is 1. The first-order chi connectivity index (χ1) is 13.0. The van der Waals surface area contributed by atoms with Crippen molar-refractivity contribution in [2.45, 2.75) is 19.8 Å². The Labute approximate surface area is 162 Å². The summed E-state index contributed by atoms with van der Waals surface area (Å²) in [5.41, 5.74) is 2.76. The molecule has 0 fully saturated rings. The third-order valence-electron chi connectivity index (χ3n) is 4.24. The lowest BCUT2D eigenvalue weighted by Gasteiger charge is -2.05. The van der Waals surface area contributed by atoms with E-state index in [1.54, 1.807) is 6.07 Å². The van der Waals surface area contributed by atoms with Gasteiger partial charge < -0.3 is 4.98 Å². The summed E-state index contributed by atoms with van der Waals surface area (Å²) >= 11 is 3.44. The van der Waals surface area contributed by atoms with Crippen LogP contribution < -0.4 is 10.9 Å². The number of hydrogen-bond donors (Lipinski definition) is 3. The molecule has 0 saturated heterocycles. The molecule has 8 heteroatoms. The SMILES string of the molecule is CCCC(=O)Nc1nc2cc(-c3n[nH]c(=O)c4ccc(Br)cc34)ccc2[nH]1. The minimum Gasteiger partial charge on any atom is -0.324 e. The molecular weight excluding hydrogens is 410 g/mol. The largest absolute Gasteiger partial charge is 0.324 e. The molecule has 2 aromatic heterocycles. The van der Waals surface area contributed by atoms with Crippen molar-refractivity contribution in [1.29, 1.82) is 0 Å². The molecule has 0 aliphatic carbocycles. The topological polar surface area (TPSA) is 104 Å². The van der Waals surface area contributed by atoms with Gasteiger partial charge in [-0.05, 0) is 36.8 Å². The zero-order valence-electron chi connectivity index (χ0n) is 14.5. The fourth-order valence-corrected chi connectivity index (χ4v) is 3.35. The Morgan fingerprint density at radius 1 is 1.19 bits per heavy atom. The van der Waals surface area contributed by atoms with E-state index < -0.39 is 0 Å². The molecule has 136 valence electrons. The van der Waals surface area contributed by atoms with Crippen LogP contribution >= 0.6 is 15.9 Å². The third-order valence-corrected chi connectivity index (χ3v) is 4.74. The second kappa shape index (κ2) is 6.96. The zero-order valence-corrected chi connectivity index (χ0v) is 16.1. The van der Waals surface area contributed by atoms with Gasteiger partial charge in [-0.1, -0.05) is 28.9 Å². The number of carbonyl (C=O) groups is 1. The monoisotopic (exact) mass is 425 g/mol. The zero-order chi connectivity index (χ0) is 19.0. The molecule has 0 aliphatic heterocycles. The molecule has 0 atom stereocenters. The number of rotatable bonds is 4. The summed E-state index contributed by atoms with van der Waals surface area (Å²) < 4.78 is 0.866. The van der Waals surface area contributed by atoms with Crippen molar-refractivity contribution in [3.05, 3.63) is 51.2 Å². The Morgan fingerprint density at radius 3 is 2.85 bits per heavy atom. The first-order valence-corrected chi connectivity index (χ1v) is 9.32. The van der Waals surface area contributed by atoms with Gasteiger partial charge in [0, 0.05) is 21.8 Å². The quantitative estimate of drug-likeness (QED) is 0.460. The van der Waals surface area contributed by atoms with Gasteiger partial charge in [0.15, 0.2) is 0 Å². The Bertz CT molecular complexity index is 1230. The number of nitrogens with one attached hydrogen (secondary N) is 3. The van der Waals surface area contributed by atoms with E-state index in [4.69, 9.17) is 0 Å². The van der Waals surface area contributed by atoms with Crippen LogP contribution in [0.4, 0.5) is 5.95 Å². The minimum absolute atomic E-state index is 0.0741. The molecule has 4 aromatic rings. The molecule has 7 nitrogen and oxygen atoms in total. The van der Waals surface area contributed by atoms with Crippen LogP contribution in [0.15, 0.2) is 45.7 Å².